The lowest BCUT2D eigenvalue weighted by atomic mass is 9.85. The van der Waals surface area contributed by atoms with Crippen LogP contribution in [0.5, 0.6) is 0 Å². The highest BCUT2D eigenvalue weighted by Crippen LogP contribution is 2.44. The Kier molecular flexibility index (Phi) is 3.03. The SMILES string of the molecule is C/C1=C/C2=C(CC(C)(C)C2=O)[C@H](C)CC[C@@H]1O. The van der Waals surface area contributed by atoms with Crippen molar-refractivity contribution in [3.8, 4) is 0 Å². The first-order valence-corrected chi connectivity index (χ1v) is 6.47. The molecule has 94 valence electrons. The van der Waals surface area contributed by atoms with Crippen LogP contribution in [-0.2, 0) is 4.79 Å². The molecule has 0 saturated heterocycles. The van der Waals surface area contributed by atoms with E-state index in [1.165, 1.54) is 5.57 Å². The second-order valence-electron chi connectivity index (χ2n) is 6.21. The van der Waals surface area contributed by atoms with Gasteiger partial charge in [0.2, 0.25) is 0 Å². The average Bonchev–Trinajstić information content (AvgIpc) is 2.47. The van der Waals surface area contributed by atoms with E-state index in [9.17, 15) is 9.90 Å². The van der Waals surface area contributed by atoms with Crippen molar-refractivity contribution in [2.75, 3.05) is 0 Å². The van der Waals surface area contributed by atoms with Gasteiger partial charge in [-0.2, -0.15) is 0 Å². The maximum atomic E-state index is 12.3. The van der Waals surface area contributed by atoms with Crippen LogP contribution >= 0.6 is 0 Å². The number of hydrogen-bond donors (Lipinski definition) is 1. The minimum Gasteiger partial charge on any atom is -0.389 e. The van der Waals surface area contributed by atoms with Crippen molar-refractivity contribution in [1.82, 2.24) is 0 Å². The Morgan fingerprint density at radius 2 is 2.00 bits per heavy atom. The minimum absolute atomic E-state index is 0.243. The quantitative estimate of drug-likeness (QED) is 0.699. The van der Waals surface area contributed by atoms with Gasteiger partial charge >= 0.3 is 0 Å². The van der Waals surface area contributed by atoms with Crippen molar-refractivity contribution < 1.29 is 9.90 Å². The molecule has 2 aliphatic rings. The van der Waals surface area contributed by atoms with Crippen LogP contribution in [-0.4, -0.2) is 17.0 Å². The first kappa shape index (κ1) is 12.6. The van der Waals surface area contributed by atoms with E-state index < -0.39 is 0 Å². The van der Waals surface area contributed by atoms with E-state index in [1.54, 1.807) is 0 Å². The lowest BCUT2D eigenvalue weighted by Crippen LogP contribution is -2.19. The highest BCUT2D eigenvalue weighted by atomic mass is 16.3. The van der Waals surface area contributed by atoms with Crippen LogP contribution in [0, 0.1) is 11.3 Å². The van der Waals surface area contributed by atoms with Gasteiger partial charge in [0.05, 0.1) is 6.10 Å². The van der Waals surface area contributed by atoms with E-state index >= 15 is 0 Å². The average molecular weight is 234 g/mol. The molecule has 2 rings (SSSR count). The molecule has 0 aromatic carbocycles. The molecule has 0 aromatic heterocycles. The molecule has 2 heteroatoms. The Balaban J connectivity index is 2.47. The first-order valence-electron chi connectivity index (χ1n) is 6.47. The van der Waals surface area contributed by atoms with Gasteiger partial charge in [-0.1, -0.05) is 26.3 Å². The Morgan fingerprint density at radius 3 is 2.65 bits per heavy atom. The smallest absolute Gasteiger partial charge is 0.168 e. The number of Topliss-reactive ketones (excluding diaryl/α,β-unsaturated/α-hetero) is 1. The maximum Gasteiger partial charge on any atom is 0.168 e. The number of rotatable bonds is 0. The van der Waals surface area contributed by atoms with Crippen molar-refractivity contribution in [2.24, 2.45) is 11.3 Å². The number of carbonyl (C=O) groups is 1. The highest BCUT2D eigenvalue weighted by molar-refractivity contribution is 6.05. The van der Waals surface area contributed by atoms with Crippen LogP contribution in [0.15, 0.2) is 22.8 Å². The Morgan fingerprint density at radius 1 is 1.35 bits per heavy atom. The summed E-state index contributed by atoms with van der Waals surface area (Å²) in [6, 6.07) is 0. The summed E-state index contributed by atoms with van der Waals surface area (Å²) in [7, 11) is 0. The fourth-order valence-electron chi connectivity index (χ4n) is 2.89. The van der Waals surface area contributed by atoms with Gasteiger partial charge in [-0.25, -0.2) is 0 Å². The zero-order chi connectivity index (χ0) is 12.8. The summed E-state index contributed by atoms with van der Waals surface area (Å²) in [6.45, 7) is 8.13. The molecule has 0 aliphatic heterocycles. The van der Waals surface area contributed by atoms with Crippen LogP contribution in [0.4, 0.5) is 0 Å². The second kappa shape index (κ2) is 4.09. The third kappa shape index (κ3) is 2.11. The normalized spacial score (nSPS) is 36.1. The molecule has 0 amide bonds. The van der Waals surface area contributed by atoms with Gasteiger partial charge in [-0.3, -0.25) is 4.79 Å². The molecule has 2 nitrogen and oxygen atoms in total. The van der Waals surface area contributed by atoms with E-state index in [0.717, 1.165) is 30.4 Å². The number of aliphatic hydroxyl groups is 1. The van der Waals surface area contributed by atoms with Gasteiger partial charge in [-0.05, 0) is 43.8 Å². The van der Waals surface area contributed by atoms with Gasteiger partial charge in [0.25, 0.3) is 0 Å². The van der Waals surface area contributed by atoms with Crippen molar-refractivity contribution >= 4 is 5.78 Å². The van der Waals surface area contributed by atoms with E-state index in [2.05, 4.69) is 6.92 Å². The van der Waals surface area contributed by atoms with Gasteiger partial charge in [0.1, 0.15) is 0 Å². The number of carbonyl (C=O) groups excluding carboxylic acids is 1. The summed E-state index contributed by atoms with van der Waals surface area (Å²) in [4.78, 5) is 12.3. The summed E-state index contributed by atoms with van der Waals surface area (Å²) in [5.74, 6) is 0.655. The molecule has 2 aliphatic carbocycles. The van der Waals surface area contributed by atoms with E-state index in [0.29, 0.717) is 5.92 Å². The number of ketones is 1. The lowest BCUT2D eigenvalue weighted by Gasteiger charge is -2.21. The minimum atomic E-state index is -0.386. The molecule has 0 bridgehead atoms. The third-order valence-corrected chi connectivity index (χ3v) is 4.20. The number of aliphatic hydroxyl groups excluding tert-OH is 1. The zero-order valence-electron chi connectivity index (χ0n) is 11.2. The summed E-state index contributed by atoms with van der Waals surface area (Å²) in [5, 5.41) is 9.93. The number of hydrogen-bond acceptors (Lipinski definition) is 2. The molecule has 0 spiro atoms. The van der Waals surface area contributed by atoms with Gasteiger partial charge < -0.3 is 5.11 Å². The Labute approximate surface area is 103 Å². The Hall–Kier alpha value is -0.890. The first-order chi connectivity index (χ1) is 7.83. The van der Waals surface area contributed by atoms with Crippen molar-refractivity contribution in [2.45, 2.75) is 53.1 Å². The number of allylic oxidation sites excluding steroid dienone is 3. The molecule has 1 N–H and O–H groups in total. The molecular weight excluding hydrogens is 212 g/mol. The molecule has 0 aromatic rings. The van der Waals surface area contributed by atoms with Crippen LogP contribution in [0.1, 0.15) is 47.0 Å². The summed E-state index contributed by atoms with van der Waals surface area (Å²) in [6.07, 6.45) is 4.18. The largest absolute Gasteiger partial charge is 0.389 e. The molecule has 0 heterocycles. The van der Waals surface area contributed by atoms with Crippen LogP contribution in [0.2, 0.25) is 0 Å². The van der Waals surface area contributed by atoms with Crippen LogP contribution in [0.25, 0.3) is 0 Å². The topological polar surface area (TPSA) is 37.3 Å². The highest BCUT2D eigenvalue weighted by Gasteiger charge is 2.40. The van der Waals surface area contributed by atoms with E-state index in [4.69, 9.17) is 0 Å². The van der Waals surface area contributed by atoms with Gasteiger partial charge in [0.15, 0.2) is 5.78 Å². The maximum absolute atomic E-state index is 12.3. The Bertz CT molecular complexity index is 413. The molecule has 2 atom stereocenters. The predicted molar refractivity (Wildman–Crippen MR) is 68.6 cm³/mol. The van der Waals surface area contributed by atoms with Crippen molar-refractivity contribution in [3.63, 3.8) is 0 Å². The summed E-state index contributed by atoms with van der Waals surface area (Å²) in [5.41, 5.74) is 2.84. The van der Waals surface area contributed by atoms with Crippen LogP contribution in [0.3, 0.4) is 0 Å². The standard InChI is InChI=1S/C15H22O2/c1-9-5-6-13(16)10(2)7-11-12(9)8-15(3,4)14(11)17/h7,9,13,16H,5-6,8H2,1-4H3/b10-7-/t9-,13+/m1/s1. The molecule has 0 fully saturated rings. The monoisotopic (exact) mass is 234 g/mol. The second-order valence-corrected chi connectivity index (χ2v) is 6.21. The van der Waals surface area contributed by atoms with Gasteiger partial charge in [-0.15, -0.1) is 0 Å². The van der Waals surface area contributed by atoms with E-state index in [-0.39, 0.29) is 17.3 Å². The summed E-state index contributed by atoms with van der Waals surface area (Å²) < 4.78 is 0. The molecule has 17 heavy (non-hydrogen) atoms. The van der Waals surface area contributed by atoms with Crippen LogP contribution < -0.4 is 0 Å². The van der Waals surface area contributed by atoms with Gasteiger partial charge in [0, 0.05) is 11.0 Å². The fraction of sp³-hybridized carbons (Fsp3) is 0.667. The summed E-state index contributed by atoms with van der Waals surface area (Å²) >= 11 is 0. The molecule has 0 radical (unpaired) electrons. The predicted octanol–water partition coefficient (Wildman–Crippen LogP) is 3.02. The van der Waals surface area contributed by atoms with Crippen molar-refractivity contribution in [3.05, 3.63) is 22.8 Å². The van der Waals surface area contributed by atoms with Crippen molar-refractivity contribution in [1.29, 1.82) is 0 Å². The molecule has 0 unspecified atom stereocenters. The molecular formula is C15H22O2. The molecule has 0 saturated carbocycles. The fourth-order valence-corrected chi connectivity index (χ4v) is 2.89. The lowest BCUT2D eigenvalue weighted by molar-refractivity contribution is -0.121. The zero-order valence-corrected chi connectivity index (χ0v) is 11.2. The van der Waals surface area contributed by atoms with E-state index in [1.807, 2.05) is 26.8 Å². The third-order valence-electron chi connectivity index (χ3n) is 4.20.